The van der Waals surface area contributed by atoms with E-state index in [9.17, 15) is 21.0 Å². The number of fused-ring (bicyclic) bond motifs is 6. The van der Waals surface area contributed by atoms with Crippen LogP contribution < -0.4 is 0 Å². The maximum Gasteiger partial charge on any atom is 0.0991 e. The van der Waals surface area contributed by atoms with Crippen molar-refractivity contribution in [2.24, 2.45) is 0 Å². The highest BCUT2D eigenvalue weighted by atomic mass is 15.0. The van der Waals surface area contributed by atoms with Crippen LogP contribution in [0.3, 0.4) is 0 Å². The van der Waals surface area contributed by atoms with Crippen LogP contribution in [0.5, 0.6) is 0 Å². The predicted molar refractivity (Wildman–Crippen MR) is 230 cm³/mol. The van der Waals surface area contributed by atoms with Crippen molar-refractivity contribution in [3.05, 3.63) is 192 Å². The first-order chi connectivity index (χ1) is 28.5. The summed E-state index contributed by atoms with van der Waals surface area (Å²) in [6, 6.07) is 66.0. The second-order valence-corrected chi connectivity index (χ2v) is 14.3. The maximum absolute atomic E-state index is 9.64. The zero-order chi connectivity index (χ0) is 39.3. The summed E-state index contributed by atoms with van der Waals surface area (Å²) < 4.78 is 4.37. The van der Waals surface area contributed by atoms with E-state index in [0.717, 1.165) is 88.4 Å². The molecular formula is C52H28N6. The lowest BCUT2D eigenvalue weighted by Gasteiger charge is -2.14. The van der Waals surface area contributed by atoms with Crippen LogP contribution in [0.4, 0.5) is 0 Å². The fourth-order valence-electron chi connectivity index (χ4n) is 8.25. The molecule has 0 aliphatic carbocycles. The van der Waals surface area contributed by atoms with Gasteiger partial charge in [-0.1, -0.05) is 54.6 Å². The smallest absolute Gasteiger partial charge is 0.0991 e. The van der Waals surface area contributed by atoms with Crippen LogP contribution in [0.2, 0.25) is 0 Å². The third-order valence-electron chi connectivity index (χ3n) is 11.0. The first-order valence-electron chi connectivity index (χ1n) is 18.7. The number of benzene rings is 8. The molecule has 0 saturated heterocycles. The van der Waals surface area contributed by atoms with E-state index < -0.39 is 0 Å². The summed E-state index contributed by atoms with van der Waals surface area (Å²) in [6.07, 6.45) is 0. The average molecular weight is 737 g/mol. The molecule has 0 aliphatic heterocycles. The van der Waals surface area contributed by atoms with Gasteiger partial charge in [0, 0.05) is 32.9 Å². The Balaban J connectivity index is 1.07. The molecule has 58 heavy (non-hydrogen) atoms. The first-order valence-corrected chi connectivity index (χ1v) is 18.7. The predicted octanol–water partition coefficient (Wildman–Crippen LogP) is 12.4. The van der Waals surface area contributed by atoms with Gasteiger partial charge in [-0.2, -0.15) is 21.0 Å². The lowest BCUT2D eigenvalue weighted by molar-refractivity contribution is 1.18. The molecule has 0 radical (unpaired) electrons. The second kappa shape index (κ2) is 13.6. The molecule has 0 fully saturated rings. The normalized spacial score (nSPS) is 11.0. The standard InChI is InChI=1S/C52H28N6/c53-29-33-6-18-49-45(22-33)46-23-34(30-54)7-19-50(46)57(49)43-14-10-38(11-15-43)41-26-40(37-4-2-1-3-5-37)27-42(28-41)39-12-16-44(17-13-39)58-51-20-8-35(31-55)24-47(51)48-25-36(32-56)9-21-52(48)58/h1-28H. The zero-order valence-electron chi connectivity index (χ0n) is 30.8. The Morgan fingerprint density at radius 3 is 0.862 bits per heavy atom. The molecule has 0 saturated carbocycles. The number of nitriles is 4. The molecule has 2 heterocycles. The van der Waals surface area contributed by atoms with Crippen LogP contribution >= 0.6 is 0 Å². The Labute approximate surface area is 333 Å². The van der Waals surface area contributed by atoms with Crippen molar-refractivity contribution in [1.29, 1.82) is 21.0 Å². The van der Waals surface area contributed by atoms with Crippen LogP contribution in [0.1, 0.15) is 22.3 Å². The summed E-state index contributed by atoms with van der Waals surface area (Å²) in [6.45, 7) is 0. The molecule has 10 rings (SSSR count). The molecule has 0 aliphatic rings. The molecule has 0 N–H and O–H groups in total. The van der Waals surface area contributed by atoms with E-state index in [1.165, 1.54) is 0 Å². The quantitative estimate of drug-likeness (QED) is 0.175. The van der Waals surface area contributed by atoms with Gasteiger partial charge in [0.15, 0.2) is 0 Å². The fraction of sp³-hybridized carbons (Fsp3) is 0. The van der Waals surface area contributed by atoms with Crippen molar-refractivity contribution in [3.8, 4) is 69.0 Å². The van der Waals surface area contributed by atoms with Gasteiger partial charge in [0.05, 0.1) is 68.6 Å². The van der Waals surface area contributed by atoms with E-state index in [1.807, 2.05) is 78.9 Å². The molecule has 8 aromatic carbocycles. The number of aromatic nitrogens is 2. The average Bonchev–Trinajstić information content (AvgIpc) is 3.80. The van der Waals surface area contributed by atoms with Crippen molar-refractivity contribution in [3.63, 3.8) is 0 Å². The molecule has 2 aromatic heterocycles. The monoisotopic (exact) mass is 736 g/mol. The van der Waals surface area contributed by atoms with Gasteiger partial charge >= 0.3 is 0 Å². The van der Waals surface area contributed by atoms with E-state index in [-0.39, 0.29) is 0 Å². The zero-order valence-corrected chi connectivity index (χ0v) is 30.8. The summed E-state index contributed by atoms with van der Waals surface area (Å²) in [5.74, 6) is 0. The minimum Gasteiger partial charge on any atom is -0.309 e. The van der Waals surface area contributed by atoms with E-state index in [0.29, 0.717) is 22.3 Å². The number of nitrogens with zero attached hydrogens (tertiary/aromatic N) is 6. The maximum atomic E-state index is 9.64. The van der Waals surface area contributed by atoms with Gasteiger partial charge in [0.1, 0.15) is 0 Å². The molecule has 266 valence electrons. The van der Waals surface area contributed by atoms with Crippen molar-refractivity contribution >= 4 is 43.6 Å². The summed E-state index contributed by atoms with van der Waals surface area (Å²) in [4.78, 5) is 0. The van der Waals surface area contributed by atoms with Gasteiger partial charge in [0.2, 0.25) is 0 Å². The number of rotatable bonds is 5. The van der Waals surface area contributed by atoms with Crippen LogP contribution in [0.15, 0.2) is 170 Å². The van der Waals surface area contributed by atoms with Gasteiger partial charge in [-0.25, -0.2) is 0 Å². The van der Waals surface area contributed by atoms with Gasteiger partial charge in [-0.3, -0.25) is 0 Å². The lowest BCUT2D eigenvalue weighted by atomic mass is 9.93. The highest BCUT2D eigenvalue weighted by Crippen LogP contribution is 2.38. The molecule has 0 atom stereocenters. The topological polar surface area (TPSA) is 105 Å². The van der Waals surface area contributed by atoms with Gasteiger partial charge in [0.25, 0.3) is 0 Å². The Bertz CT molecular complexity index is 3110. The molecule has 0 spiro atoms. The molecule has 0 bridgehead atoms. The van der Waals surface area contributed by atoms with E-state index in [2.05, 4.69) is 124 Å². The molecule has 0 amide bonds. The number of hydrogen-bond acceptors (Lipinski definition) is 4. The minimum absolute atomic E-state index is 0.574. The third kappa shape index (κ3) is 5.54. The Morgan fingerprint density at radius 2 is 0.569 bits per heavy atom. The van der Waals surface area contributed by atoms with E-state index >= 15 is 0 Å². The molecule has 10 aromatic rings. The highest BCUT2D eigenvalue weighted by molar-refractivity contribution is 6.11. The first kappa shape index (κ1) is 33.9. The van der Waals surface area contributed by atoms with E-state index in [4.69, 9.17) is 0 Å². The Hall–Kier alpha value is -8.68. The summed E-state index contributed by atoms with van der Waals surface area (Å²) in [7, 11) is 0. The van der Waals surface area contributed by atoms with Crippen molar-refractivity contribution in [1.82, 2.24) is 9.13 Å². The van der Waals surface area contributed by atoms with Gasteiger partial charge in [-0.15, -0.1) is 0 Å². The van der Waals surface area contributed by atoms with Crippen LogP contribution in [0.25, 0.3) is 88.4 Å². The van der Waals surface area contributed by atoms with Crippen LogP contribution in [-0.2, 0) is 0 Å². The Kier molecular flexibility index (Phi) is 7.92. The molecule has 6 nitrogen and oxygen atoms in total. The van der Waals surface area contributed by atoms with Crippen LogP contribution in [0, 0.1) is 45.3 Å². The largest absolute Gasteiger partial charge is 0.309 e. The molecular weight excluding hydrogens is 709 g/mol. The highest BCUT2D eigenvalue weighted by Gasteiger charge is 2.17. The third-order valence-corrected chi connectivity index (χ3v) is 11.0. The number of hydrogen-bond donors (Lipinski definition) is 0. The SMILES string of the molecule is N#Cc1ccc2c(c1)c1cc(C#N)ccc1n2-c1ccc(-c2cc(-c3ccccc3)cc(-c3ccc(-n4c5ccc(C#N)cc5c5cc(C#N)ccc54)cc3)c2)cc1. The summed E-state index contributed by atoms with van der Waals surface area (Å²) in [5.41, 5.74) is 14.6. The molecule has 0 unspecified atom stereocenters. The van der Waals surface area contributed by atoms with Crippen LogP contribution in [-0.4, -0.2) is 9.13 Å². The van der Waals surface area contributed by atoms with Crippen molar-refractivity contribution in [2.45, 2.75) is 0 Å². The van der Waals surface area contributed by atoms with Crippen molar-refractivity contribution < 1.29 is 0 Å². The lowest BCUT2D eigenvalue weighted by Crippen LogP contribution is -1.95. The van der Waals surface area contributed by atoms with Crippen molar-refractivity contribution in [2.75, 3.05) is 0 Å². The second-order valence-electron chi connectivity index (χ2n) is 14.3. The fourth-order valence-corrected chi connectivity index (χ4v) is 8.25. The van der Waals surface area contributed by atoms with E-state index in [1.54, 1.807) is 0 Å². The van der Waals surface area contributed by atoms with Gasteiger partial charge < -0.3 is 9.13 Å². The minimum atomic E-state index is 0.574. The van der Waals surface area contributed by atoms with Gasteiger partial charge in [-0.05, 0) is 149 Å². The summed E-state index contributed by atoms with van der Waals surface area (Å²) in [5, 5.41) is 42.3. The summed E-state index contributed by atoms with van der Waals surface area (Å²) >= 11 is 0. The molecule has 6 heteroatoms. The Morgan fingerprint density at radius 1 is 0.276 bits per heavy atom.